The van der Waals surface area contributed by atoms with E-state index in [2.05, 4.69) is 22.8 Å². The van der Waals surface area contributed by atoms with Crippen LogP contribution < -0.4 is 10.6 Å². The first-order valence-electron chi connectivity index (χ1n) is 7.47. The molecule has 0 spiro atoms. The van der Waals surface area contributed by atoms with E-state index < -0.39 is 0 Å². The molecule has 102 valence electrons. The van der Waals surface area contributed by atoms with E-state index in [-0.39, 0.29) is 11.9 Å². The SMILES string of the molecule is O=C(Nc1ccc(C2CC2)cc1)[C@H]1CCCCCN1. The Morgan fingerprint density at radius 2 is 1.84 bits per heavy atom. The number of hydrogen-bond donors (Lipinski definition) is 2. The Labute approximate surface area is 114 Å². The molecular weight excluding hydrogens is 236 g/mol. The summed E-state index contributed by atoms with van der Waals surface area (Å²) >= 11 is 0. The molecule has 3 rings (SSSR count). The van der Waals surface area contributed by atoms with Crippen molar-refractivity contribution < 1.29 is 4.79 Å². The van der Waals surface area contributed by atoms with Crippen LogP contribution in [0.4, 0.5) is 5.69 Å². The van der Waals surface area contributed by atoms with Gasteiger partial charge in [-0.3, -0.25) is 4.79 Å². The molecule has 0 unspecified atom stereocenters. The number of amides is 1. The number of anilines is 1. The van der Waals surface area contributed by atoms with Gasteiger partial charge in [0, 0.05) is 5.69 Å². The van der Waals surface area contributed by atoms with Crippen LogP contribution in [0.25, 0.3) is 0 Å². The summed E-state index contributed by atoms with van der Waals surface area (Å²) in [6, 6.07) is 8.33. The van der Waals surface area contributed by atoms with Crippen LogP contribution in [0.15, 0.2) is 24.3 Å². The average molecular weight is 258 g/mol. The lowest BCUT2D eigenvalue weighted by atomic mass is 10.1. The number of hydrogen-bond acceptors (Lipinski definition) is 2. The standard InChI is InChI=1S/C16H22N2O/c19-16(15-4-2-1-3-11-17-15)18-14-9-7-13(8-10-14)12-5-6-12/h7-10,12,15,17H,1-6,11H2,(H,18,19)/t15-/m1/s1. The molecule has 1 aromatic rings. The first kappa shape index (κ1) is 12.7. The molecule has 1 saturated heterocycles. The minimum Gasteiger partial charge on any atom is -0.325 e. The van der Waals surface area contributed by atoms with E-state index >= 15 is 0 Å². The molecule has 1 atom stereocenters. The van der Waals surface area contributed by atoms with Crippen LogP contribution in [0.3, 0.4) is 0 Å². The molecule has 0 aromatic heterocycles. The second-order valence-electron chi connectivity index (χ2n) is 5.74. The molecule has 1 aromatic carbocycles. The molecule has 1 saturated carbocycles. The molecule has 19 heavy (non-hydrogen) atoms. The van der Waals surface area contributed by atoms with Crippen LogP contribution in [0, 0.1) is 0 Å². The van der Waals surface area contributed by atoms with Gasteiger partial charge in [0.1, 0.15) is 0 Å². The maximum Gasteiger partial charge on any atom is 0.241 e. The van der Waals surface area contributed by atoms with Gasteiger partial charge in [-0.2, -0.15) is 0 Å². The fourth-order valence-corrected chi connectivity index (χ4v) is 2.74. The molecule has 0 bridgehead atoms. The van der Waals surface area contributed by atoms with Crippen molar-refractivity contribution in [1.82, 2.24) is 5.32 Å². The van der Waals surface area contributed by atoms with Crippen molar-refractivity contribution in [2.24, 2.45) is 0 Å². The summed E-state index contributed by atoms with van der Waals surface area (Å²) in [5.41, 5.74) is 2.33. The molecule has 1 aliphatic carbocycles. The van der Waals surface area contributed by atoms with Gasteiger partial charge in [-0.05, 0) is 55.8 Å². The summed E-state index contributed by atoms with van der Waals surface area (Å²) in [6.07, 6.45) is 7.14. The van der Waals surface area contributed by atoms with Crippen LogP contribution in [0.1, 0.15) is 50.0 Å². The highest BCUT2D eigenvalue weighted by Crippen LogP contribution is 2.40. The van der Waals surface area contributed by atoms with Gasteiger partial charge in [0.15, 0.2) is 0 Å². The largest absolute Gasteiger partial charge is 0.325 e. The summed E-state index contributed by atoms with van der Waals surface area (Å²) in [6.45, 7) is 0.957. The van der Waals surface area contributed by atoms with E-state index in [1.807, 2.05) is 12.1 Å². The predicted molar refractivity (Wildman–Crippen MR) is 77.3 cm³/mol. The lowest BCUT2D eigenvalue weighted by Gasteiger charge is -2.15. The summed E-state index contributed by atoms with van der Waals surface area (Å²) in [7, 11) is 0. The van der Waals surface area contributed by atoms with Gasteiger partial charge < -0.3 is 10.6 Å². The van der Waals surface area contributed by atoms with Gasteiger partial charge >= 0.3 is 0 Å². The predicted octanol–water partition coefficient (Wildman–Crippen LogP) is 3.03. The van der Waals surface area contributed by atoms with Gasteiger partial charge in [0.05, 0.1) is 6.04 Å². The van der Waals surface area contributed by atoms with E-state index in [1.54, 1.807) is 0 Å². The highest BCUT2D eigenvalue weighted by molar-refractivity contribution is 5.94. The quantitative estimate of drug-likeness (QED) is 0.875. The van der Waals surface area contributed by atoms with Crippen molar-refractivity contribution in [3.8, 4) is 0 Å². The Morgan fingerprint density at radius 3 is 2.58 bits per heavy atom. The number of carbonyl (C=O) groups is 1. The average Bonchev–Trinajstić information content (AvgIpc) is 3.26. The Morgan fingerprint density at radius 1 is 1.05 bits per heavy atom. The first-order chi connectivity index (χ1) is 9.33. The Bertz CT molecular complexity index is 429. The van der Waals surface area contributed by atoms with Gasteiger partial charge in [-0.15, -0.1) is 0 Å². The molecule has 3 heteroatoms. The Kier molecular flexibility index (Phi) is 3.83. The maximum atomic E-state index is 12.2. The van der Waals surface area contributed by atoms with Crippen LogP contribution in [-0.2, 0) is 4.79 Å². The number of nitrogens with one attached hydrogen (secondary N) is 2. The third-order valence-electron chi connectivity index (χ3n) is 4.10. The van der Waals surface area contributed by atoms with E-state index in [0.717, 1.165) is 31.0 Å². The zero-order chi connectivity index (χ0) is 13.1. The minimum absolute atomic E-state index is 0.0226. The molecule has 2 aliphatic rings. The van der Waals surface area contributed by atoms with Gasteiger partial charge in [0.2, 0.25) is 5.91 Å². The number of benzene rings is 1. The van der Waals surface area contributed by atoms with Crippen LogP contribution in [0.5, 0.6) is 0 Å². The van der Waals surface area contributed by atoms with Gasteiger partial charge in [-0.1, -0.05) is 25.0 Å². The van der Waals surface area contributed by atoms with E-state index in [1.165, 1.54) is 31.2 Å². The lowest BCUT2D eigenvalue weighted by molar-refractivity contribution is -0.118. The molecule has 1 aliphatic heterocycles. The zero-order valence-corrected chi connectivity index (χ0v) is 11.3. The second-order valence-corrected chi connectivity index (χ2v) is 5.74. The van der Waals surface area contributed by atoms with Crippen molar-refractivity contribution in [2.45, 2.75) is 50.5 Å². The zero-order valence-electron chi connectivity index (χ0n) is 11.3. The van der Waals surface area contributed by atoms with Gasteiger partial charge in [0.25, 0.3) is 0 Å². The highest BCUT2D eigenvalue weighted by atomic mass is 16.2. The van der Waals surface area contributed by atoms with Crippen molar-refractivity contribution in [1.29, 1.82) is 0 Å². The molecule has 1 amide bonds. The lowest BCUT2D eigenvalue weighted by Crippen LogP contribution is -2.39. The topological polar surface area (TPSA) is 41.1 Å². The van der Waals surface area contributed by atoms with Crippen molar-refractivity contribution >= 4 is 11.6 Å². The Balaban J connectivity index is 1.58. The van der Waals surface area contributed by atoms with Crippen LogP contribution in [-0.4, -0.2) is 18.5 Å². The van der Waals surface area contributed by atoms with Crippen molar-refractivity contribution in [3.63, 3.8) is 0 Å². The fraction of sp³-hybridized carbons (Fsp3) is 0.562. The fourth-order valence-electron chi connectivity index (χ4n) is 2.74. The Hall–Kier alpha value is -1.35. The van der Waals surface area contributed by atoms with Crippen molar-refractivity contribution in [2.75, 3.05) is 11.9 Å². The number of carbonyl (C=O) groups excluding carboxylic acids is 1. The van der Waals surface area contributed by atoms with E-state index in [9.17, 15) is 4.79 Å². The smallest absolute Gasteiger partial charge is 0.241 e. The number of rotatable bonds is 3. The molecular formula is C16H22N2O. The second kappa shape index (κ2) is 5.74. The monoisotopic (exact) mass is 258 g/mol. The summed E-state index contributed by atoms with van der Waals surface area (Å²) in [5.74, 6) is 0.884. The summed E-state index contributed by atoms with van der Waals surface area (Å²) < 4.78 is 0. The molecule has 2 N–H and O–H groups in total. The van der Waals surface area contributed by atoms with Crippen molar-refractivity contribution in [3.05, 3.63) is 29.8 Å². The first-order valence-corrected chi connectivity index (χ1v) is 7.47. The normalized spacial score (nSPS) is 23.7. The minimum atomic E-state index is -0.0226. The third-order valence-corrected chi connectivity index (χ3v) is 4.10. The molecule has 1 heterocycles. The summed E-state index contributed by atoms with van der Waals surface area (Å²) in [4.78, 5) is 12.2. The van der Waals surface area contributed by atoms with Crippen LogP contribution in [0.2, 0.25) is 0 Å². The molecule has 2 fully saturated rings. The van der Waals surface area contributed by atoms with Crippen LogP contribution >= 0.6 is 0 Å². The molecule has 0 radical (unpaired) electrons. The highest BCUT2D eigenvalue weighted by Gasteiger charge is 2.23. The molecule has 3 nitrogen and oxygen atoms in total. The maximum absolute atomic E-state index is 12.2. The van der Waals surface area contributed by atoms with E-state index in [0.29, 0.717) is 0 Å². The van der Waals surface area contributed by atoms with Gasteiger partial charge in [-0.25, -0.2) is 0 Å². The van der Waals surface area contributed by atoms with E-state index in [4.69, 9.17) is 0 Å². The summed E-state index contributed by atoms with van der Waals surface area (Å²) in [5, 5.41) is 6.35. The third kappa shape index (κ3) is 3.35.